The lowest BCUT2D eigenvalue weighted by Gasteiger charge is -2.17. The summed E-state index contributed by atoms with van der Waals surface area (Å²) in [4.78, 5) is 12.8. The van der Waals surface area contributed by atoms with Gasteiger partial charge in [0.2, 0.25) is 0 Å². The Labute approximate surface area is 78.1 Å². The lowest BCUT2D eigenvalue weighted by Crippen LogP contribution is -2.20. The van der Waals surface area contributed by atoms with E-state index in [1.807, 2.05) is 32.8 Å². The molecule has 0 aliphatic heterocycles. The van der Waals surface area contributed by atoms with Gasteiger partial charge in [-0.1, -0.05) is 0 Å². The van der Waals surface area contributed by atoms with Crippen LogP contribution in [-0.4, -0.2) is 29.7 Å². The second kappa shape index (κ2) is 3.60. The van der Waals surface area contributed by atoms with E-state index in [1.165, 1.54) is 0 Å². The first-order valence-corrected chi connectivity index (χ1v) is 4.31. The van der Waals surface area contributed by atoms with E-state index in [4.69, 9.17) is 0 Å². The number of hydrogen-bond acceptors (Lipinski definition) is 3. The summed E-state index contributed by atoms with van der Waals surface area (Å²) in [5.74, 6) is 0.884. The van der Waals surface area contributed by atoms with Gasteiger partial charge in [-0.25, -0.2) is 0 Å². The van der Waals surface area contributed by atoms with Gasteiger partial charge in [0.05, 0.1) is 11.3 Å². The van der Waals surface area contributed by atoms with Crippen molar-refractivity contribution in [3.05, 3.63) is 11.3 Å². The molecule has 72 valence electrons. The predicted octanol–water partition coefficient (Wildman–Crippen LogP) is 0.997. The van der Waals surface area contributed by atoms with Crippen molar-refractivity contribution in [1.29, 1.82) is 0 Å². The highest BCUT2D eigenvalue weighted by atomic mass is 16.1. The van der Waals surface area contributed by atoms with Gasteiger partial charge in [0, 0.05) is 20.6 Å². The van der Waals surface area contributed by atoms with Crippen molar-refractivity contribution >= 4 is 12.1 Å². The minimum absolute atomic E-state index is 0.687. The summed E-state index contributed by atoms with van der Waals surface area (Å²) >= 11 is 0. The summed E-state index contributed by atoms with van der Waals surface area (Å²) in [6.07, 6.45) is 0.865. The summed E-state index contributed by atoms with van der Waals surface area (Å²) in [7, 11) is 3.80. The van der Waals surface area contributed by atoms with E-state index >= 15 is 0 Å². The smallest absolute Gasteiger partial charge is 0.155 e. The minimum atomic E-state index is 0.687. The molecule has 1 heterocycles. The zero-order chi connectivity index (χ0) is 10.0. The monoisotopic (exact) mass is 181 g/mol. The van der Waals surface area contributed by atoms with E-state index in [-0.39, 0.29) is 0 Å². The van der Waals surface area contributed by atoms with Crippen LogP contribution in [0.4, 0.5) is 5.82 Å². The molecule has 0 radical (unpaired) electrons. The van der Waals surface area contributed by atoms with Gasteiger partial charge >= 0.3 is 0 Å². The first-order chi connectivity index (χ1) is 6.11. The molecular weight excluding hydrogens is 166 g/mol. The van der Waals surface area contributed by atoms with Gasteiger partial charge in [-0.15, -0.1) is 0 Å². The van der Waals surface area contributed by atoms with E-state index in [0.717, 1.165) is 24.3 Å². The molecule has 0 N–H and O–H groups in total. The summed E-state index contributed by atoms with van der Waals surface area (Å²) in [6, 6.07) is 0. The molecule has 13 heavy (non-hydrogen) atoms. The highest BCUT2D eigenvalue weighted by Crippen LogP contribution is 2.19. The zero-order valence-corrected chi connectivity index (χ0v) is 8.53. The van der Waals surface area contributed by atoms with Gasteiger partial charge in [-0.2, -0.15) is 5.10 Å². The first kappa shape index (κ1) is 9.77. The highest BCUT2D eigenvalue weighted by Gasteiger charge is 2.14. The van der Waals surface area contributed by atoms with Crippen LogP contribution in [0.5, 0.6) is 0 Å². The Morgan fingerprint density at radius 2 is 2.23 bits per heavy atom. The van der Waals surface area contributed by atoms with Crippen molar-refractivity contribution in [1.82, 2.24) is 9.78 Å². The maximum absolute atomic E-state index is 10.8. The SMILES string of the molecule is CCN(C)c1c(C=O)c(C)nn1C. The van der Waals surface area contributed by atoms with Gasteiger partial charge < -0.3 is 4.90 Å². The van der Waals surface area contributed by atoms with Crippen LogP contribution in [0.1, 0.15) is 23.0 Å². The molecule has 0 bridgehead atoms. The van der Waals surface area contributed by atoms with Crippen LogP contribution in [0, 0.1) is 6.92 Å². The molecular formula is C9H15N3O. The second-order valence-corrected chi connectivity index (χ2v) is 3.08. The number of rotatable bonds is 3. The summed E-state index contributed by atoms with van der Waals surface area (Å²) in [5.41, 5.74) is 1.47. The maximum Gasteiger partial charge on any atom is 0.155 e. The van der Waals surface area contributed by atoms with Gasteiger partial charge in [-0.05, 0) is 13.8 Å². The number of carbonyl (C=O) groups excluding carboxylic acids is 1. The third-order valence-electron chi connectivity index (χ3n) is 2.19. The Balaban J connectivity index is 3.24. The molecule has 4 nitrogen and oxygen atoms in total. The highest BCUT2D eigenvalue weighted by molar-refractivity contribution is 5.84. The number of anilines is 1. The topological polar surface area (TPSA) is 38.1 Å². The average Bonchev–Trinajstić information content (AvgIpc) is 2.39. The van der Waals surface area contributed by atoms with Crippen LogP contribution in [0.15, 0.2) is 0 Å². The average molecular weight is 181 g/mol. The lowest BCUT2D eigenvalue weighted by molar-refractivity contribution is 0.112. The number of hydrogen-bond donors (Lipinski definition) is 0. The van der Waals surface area contributed by atoms with Crippen LogP contribution < -0.4 is 4.90 Å². The molecule has 0 saturated heterocycles. The Morgan fingerprint density at radius 3 is 2.69 bits per heavy atom. The zero-order valence-electron chi connectivity index (χ0n) is 8.53. The van der Waals surface area contributed by atoms with E-state index < -0.39 is 0 Å². The normalized spacial score (nSPS) is 10.2. The van der Waals surface area contributed by atoms with Crippen molar-refractivity contribution < 1.29 is 4.79 Å². The molecule has 4 heteroatoms. The fourth-order valence-corrected chi connectivity index (χ4v) is 1.40. The summed E-state index contributed by atoms with van der Waals surface area (Å²) in [6.45, 7) is 4.74. The number of aryl methyl sites for hydroxylation is 2. The molecule has 0 fully saturated rings. The van der Waals surface area contributed by atoms with E-state index in [0.29, 0.717) is 5.56 Å². The van der Waals surface area contributed by atoms with Crippen LogP contribution in [0.25, 0.3) is 0 Å². The van der Waals surface area contributed by atoms with Crippen molar-refractivity contribution in [2.24, 2.45) is 7.05 Å². The van der Waals surface area contributed by atoms with Gasteiger partial charge in [0.1, 0.15) is 5.82 Å². The Kier molecular flexibility index (Phi) is 2.70. The third-order valence-corrected chi connectivity index (χ3v) is 2.19. The standard InChI is InChI=1S/C9H15N3O/c1-5-11(3)9-8(6-13)7(2)10-12(9)4/h6H,5H2,1-4H3. The number of aromatic nitrogens is 2. The van der Waals surface area contributed by atoms with E-state index in [2.05, 4.69) is 5.10 Å². The van der Waals surface area contributed by atoms with E-state index in [1.54, 1.807) is 4.68 Å². The first-order valence-electron chi connectivity index (χ1n) is 4.31. The molecule has 0 aromatic carbocycles. The molecule has 0 unspecified atom stereocenters. The quantitative estimate of drug-likeness (QED) is 0.653. The molecule has 0 atom stereocenters. The molecule has 1 aromatic heterocycles. The minimum Gasteiger partial charge on any atom is -0.360 e. The van der Waals surface area contributed by atoms with Gasteiger partial charge in [-0.3, -0.25) is 9.48 Å². The van der Waals surface area contributed by atoms with Crippen LogP contribution in [0.3, 0.4) is 0 Å². The molecule has 0 aliphatic carbocycles. The Hall–Kier alpha value is -1.32. The number of nitrogens with zero attached hydrogens (tertiary/aromatic N) is 3. The van der Waals surface area contributed by atoms with Crippen molar-refractivity contribution in [2.75, 3.05) is 18.5 Å². The van der Waals surface area contributed by atoms with Crippen molar-refractivity contribution in [3.8, 4) is 0 Å². The van der Waals surface area contributed by atoms with Crippen LogP contribution in [0.2, 0.25) is 0 Å². The molecule has 0 aliphatic rings. The predicted molar refractivity (Wildman–Crippen MR) is 52.3 cm³/mol. The second-order valence-electron chi connectivity index (χ2n) is 3.08. The van der Waals surface area contributed by atoms with Crippen molar-refractivity contribution in [2.45, 2.75) is 13.8 Å². The fraction of sp³-hybridized carbons (Fsp3) is 0.556. The van der Waals surface area contributed by atoms with E-state index in [9.17, 15) is 4.79 Å². The molecule has 1 rings (SSSR count). The molecule has 1 aromatic rings. The van der Waals surface area contributed by atoms with Crippen LogP contribution >= 0.6 is 0 Å². The Morgan fingerprint density at radius 1 is 1.62 bits per heavy atom. The fourth-order valence-electron chi connectivity index (χ4n) is 1.40. The summed E-state index contributed by atoms with van der Waals surface area (Å²) in [5, 5.41) is 4.19. The molecule has 0 spiro atoms. The number of carbonyl (C=O) groups is 1. The third kappa shape index (κ3) is 1.56. The lowest BCUT2D eigenvalue weighted by atomic mass is 10.2. The largest absolute Gasteiger partial charge is 0.360 e. The molecule has 0 saturated carbocycles. The van der Waals surface area contributed by atoms with Crippen LogP contribution in [-0.2, 0) is 7.05 Å². The van der Waals surface area contributed by atoms with Gasteiger partial charge in [0.15, 0.2) is 6.29 Å². The van der Waals surface area contributed by atoms with Gasteiger partial charge in [0.25, 0.3) is 0 Å². The Bertz CT molecular complexity index is 317. The summed E-state index contributed by atoms with van der Waals surface area (Å²) < 4.78 is 1.74. The maximum atomic E-state index is 10.8. The number of aldehydes is 1. The molecule has 0 amide bonds. The van der Waals surface area contributed by atoms with Crippen molar-refractivity contribution in [3.63, 3.8) is 0 Å².